The fraction of sp³-hybridized carbons (Fsp3) is 0.227. The summed E-state index contributed by atoms with van der Waals surface area (Å²) in [6.45, 7) is 2.03. The summed E-state index contributed by atoms with van der Waals surface area (Å²) >= 11 is 2.74. The molecule has 0 bridgehead atoms. The molecule has 0 fully saturated rings. The van der Waals surface area contributed by atoms with Crippen LogP contribution in [0.2, 0.25) is 0 Å². The van der Waals surface area contributed by atoms with Crippen molar-refractivity contribution in [2.75, 3.05) is 6.61 Å². The monoisotopic (exact) mass is 457 g/mol. The Bertz CT molecular complexity index is 1230. The molecule has 4 aromatic rings. The zero-order valence-electron chi connectivity index (χ0n) is 16.9. The predicted molar refractivity (Wildman–Crippen MR) is 120 cm³/mol. The molecule has 0 saturated carbocycles. The lowest BCUT2D eigenvalue weighted by Crippen LogP contribution is -2.29. The first-order chi connectivity index (χ1) is 15.0. The quantitative estimate of drug-likeness (QED) is 0.400. The molecule has 160 valence electrons. The van der Waals surface area contributed by atoms with Crippen molar-refractivity contribution in [3.05, 3.63) is 63.4 Å². The molecule has 0 spiro atoms. The number of nitrogens with zero attached hydrogens (tertiary/aromatic N) is 2. The zero-order chi connectivity index (χ0) is 22.0. The van der Waals surface area contributed by atoms with Gasteiger partial charge in [0.05, 0.1) is 23.9 Å². The Hall–Kier alpha value is -3.04. The molecule has 0 unspecified atom stereocenters. The van der Waals surface area contributed by atoms with Gasteiger partial charge in [0.15, 0.2) is 0 Å². The first-order valence-corrected chi connectivity index (χ1v) is 11.4. The van der Waals surface area contributed by atoms with Gasteiger partial charge in [0.25, 0.3) is 5.91 Å². The van der Waals surface area contributed by atoms with E-state index in [1.165, 1.54) is 28.7 Å². The van der Waals surface area contributed by atoms with E-state index in [0.717, 1.165) is 9.71 Å². The highest BCUT2D eigenvalue weighted by molar-refractivity contribution is 7.20. The normalized spacial score (nSPS) is 12.1. The van der Waals surface area contributed by atoms with E-state index in [-0.39, 0.29) is 30.7 Å². The van der Waals surface area contributed by atoms with Crippen LogP contribution in [-0.4, -0.2) is 28.3 Å². The van der Waals surface area contributed by atoms with Gasteiger partial charge in [-0.25, -0.2) is 4.39 Å². The molecule has 0 saturated heterocycles. The molecule has 6 nitrogen and oxygen atoms in total. The van der Waals surface area contributed by atoms with Crippen LogP contribution in [0, 0.1) is 5.82 Å². The topological polar surface area (TPSA) is 73.2 Å². The van der Waals surface area contributed by atoms with Crippen LogP contribution in [0.1, 0.15) is 33.9 Å². The number of carbonyl (C=O) groups is 2. The number of nitrogens with one attached hydrogen (secondary N) is 1. The Morgan fingerprint density at radius 3 is 2.77 bits per heavy atom. The second-order valence-electron chi connectivity index (χ2n) is 6.83. The zero-order valence-corrected chi connectivity index (χ0v) is 18.6. The lowest BCUT2D eigenvalue weighted by molar-refractivity contribution is -0.143. The summed E-state index contributed by atoms with van der Waals surface area (Å²) in [5, 5.41) is 9.99. The SMILES string of the molecule is CCOC(=O)C[C@H](NC(=O)c1cc2c(-c3ccccc3F)nn(C)c2s1)c1cccs1. The van der Waals surface area contributed by atoms with Crippen molar-refractivity contribution in [3.8, 4) is 11.3 Å². The molecule has 3 heterocycles. The number of aromatic nitrogens is 2. The Kier molecular flexibility index (Phi) is 6.15. The average Bonchev–Trinajstić information content (AvgIpc) is 3.47. The minimum Gasteiger partial charge on any atom is -0.466 e. The maximum Gasteiger partial charge on any atom is 0.308 e. The maximum absolute atomic E-state index is 14.3. The molecular weight excluding hydrogens is 437 g/mol. The number of amides is 1. The standard InChI is InChI=1S/C22H20FN3O3S2/c1-3-29-19(27)12-16(17-9-6-10-30-17)24-21(28)18-11-14-20(25-26(2)22(14)31-18)13-7-4-5-8-15(13)23/h4-11,16H,3,12H2,1-2H3,(H,24,28)/t16-/m0/s1. The van der Waals surface area contributed by atoms with E-state index >= 15 is 0 Å². The van der Waals surface area contributed by atoms with E-state index in [2.05, 4.69) is 10.4 Å². The Labute approximate surface area is 186 Å². The van der Waals surface area contributed by atoms with Crippen molar-refractivity contribution >= 4 is 44.8 Å². The number of aryl methyl sites for hydroxylation is 1. The lowest BCUT2D eigenvalue weighted by Gasteiger charge is -2.16. The third kappa shape index (κ3) is 4.38. The van der Waals surface area contributed by atoms with Gasteiger partial charge < -0.3 is 10.1 Å². The molecule has 31 heavy (non-hydrogen) atoms. The molecule has 0 aliphatic carbocycles. The van der Waals surface area contributed by atoms with Crippen molar-refractivity contribution in [1.29, 1.82) is 0 Å². The minimum absolute atomic E-state index is 0.0486. The first-order valence-electron chi connectivity index (χ1n) is 9.69. The van der Waals surface area contributed by atoms with Crippen molar-refractivity contribution in [2.45, 2.75) is 19.4 Å². The van der Waals surface area contributed by atoms with Gasteiger partial charge in [-0.05, 0) is 36.6 Å². The highest BCUT2D eigenvalue weighted by Gasteiger charge is 2.24. The maximum atomic E-state index is 14.3. The van der Waals surface area contributed by atoms with Crippen molar-refractivity contribution < 1.29 is 18.7 Å². The molecule has 1 amide bonds. The van der Waals surface area contributed by atoms with Gasteiger partial charge in [-0.1, -0.05) is 18.2 Å². The molecule has 0 aliphatic rings. The molecule has 1 N–H and O–H groups in total. The first kappa shape index (κ1) is 21.2. The second-order valence-corrected chi connectivity index (χ2v) is 8.84. The summed E-state index contributed by atoms with van der Waals surface area (Å²) in [6.07, 6.45) is 0.0486. The molecule has 0 radical (unpaired) electrons. The highest BCUT2D eigenvalue weighted by atomic mass is 32.1. The number of fused-ring (bicyclic) bond motifs is 1. The molecule has 9 heteroatoms. The van der Waals surface area contributed by atoms with Gasteiger partial charge in [-0.15, -0.1) is 22.7 Å². The number of halogens is 1. The Morgan fingerprint density at radius 1 is 1.26 bits per heavy atom. The van der Waals surface area contributed by atoms with Crippen LogP contribution in [0.4, 0.5) is 4.39 Å². The third-order valence-electron chi connectivity index (χ3n) is 4.73. The molecule has 1 atom stereocenters. The summed E-state index contributed by atoms with van der Waals surface area (Å²) in [4.78, 5) is 27.2. The van der Waals surface area contributed by atoms with Crippen LogP contribution >= 0.6 is 22.7 Å². The van der Waals surface area contributed by atoms with Crippen molar-refractivity contribution in [1.82, 2.24) is 15.1 Å². The van der Waals surface area contributed by atoms with Gasteiger partial charge in [0.2, 0.25) is 0 Å². The number of benzene rings is 1. The minimum atomic E-state index is -0.485. The molecular formula is C22H20FN3O3S2. The lowest BCUT2D eigenvalue weighted by atomic mass is 10.1. The van der Waals surface area contributed by atoms with Crippen LogP contribution in [-0.2, 0) is 16.6 Å². The van der Waals surface area contributed by atoms with Crippen molar-refractivity contribution in [2.24, 2.45) is 7.05 Å². The van der Waals surface area contributed by atoms with E-state index in [1.807, 2.05) is 17.5 Å². The van der Waals surface area contributed by atoms with E-state index < -0.39 is 6.04 Å². The van der Waals surface area contributed by atoms with Crippen LogP contribution in [0.25, 0.3) is 21.5 Å². The fourth-order valence-corrected chi connectivity index (χ4v) is 5.09. The second kappa shape index (κ2) is 8.99. The number of hydrogen-bond acceptors (Lipinski definition) is 6. The fourth-order valence-electron chi connectivity index (χ4n) is 3.33. The molecule has 1 aromatic carbocycles. The number of carbonyl (C=O) groups excluding carboxylic acids is 2. The number of ether oxygens (including phenoxy) is 1. The number of esters is 1. The summed E-state index contributed by atoms with van der Waals surface area (Å²) in [5.74, 6) is -1.04. The molecule has 3 aromatic heterocycles. The van der Waals surface area contributed by atoms with Crippen LogP contribution < -0.4 is 5.32 Å². The van der Waals surface area contributed by atoms with E-state index in [1.54, 1.807) is 42.9 Å². The summed E-state index contributed by atoms with van der Waals surface area (Å²) in [6, 6.07) is 11.4. The summed E-state index contributed by atoms with van der Waals surface area (Å²) < 4.78 is 21.0. The molecule has 0 aliphatic heterocycles. The van der Waals surface area contributed by atoms with Crippen LogP contribution in [0.15, 0.2) is 47.8 Å². The predicted octanol–water partition coefficient (Wildman–Crippen LogP) is 4.93. The molecule has 4 rings (SSSR count). The number of thiophene rings is 2. The van der Waals surface area contributed by atoms with E-state index in [4.69, 9.17) is 4.74 Å². The van der Waals surface area contributed by atoms with Gasteiger partial charge in [0, 0.05) is 22.9 Å². The highest BCUT2D eigenvalue weighted by Crippen LogP contribution is 2.35. The van der Waals surface area contributed by atoms with Gasteiger partial charge in [-0.3, -0.25) is 14.3 Å². The van der Waals surface area contributed by atoms with Gasteiger partial charge >= 0.3 is 5.97 Å². The number of hydrogen-bond donors (Lipinski definition) is 1. The largest absolute Gasteiger partial charge is 0.466 e. The summed E-state index contributed by atoms with van der Waals surface area (Å²) in [7, 11) is 1.76. The van der Waals surface area contributed by atoms with Crippen molar-refractivity contribution in [3.63, 3.8) is 0 Å². The smallest absolute Gasteiger partial charge is 0.308 e. The van der Waals surface area contributed by atoms with Gasteiger partial charge in [-0.2, -0.15) is 5.10 Å². The van der Waals surface area contributed by atoms with Gasteiger partial charge in [0.1, 0.15) is 16.3 Å². The number of rotatable bonds is 7. The summed E-state index contributed by atoms with van der Waals surface area (Å²) in [5.41, 5.74) is 0.879. The van der Waals surface area contributed by atoms with E-state index in [9.17, 15) is 14.0 Å². The third-order valence-corrected chi connectivity index (χ3v) is 6.92. The Balaban J connectivity index is 1.63. The van der Waals surface area contributed by atoms with E-state index in [0.29, 0.717) is 21.5 Å². The Morgan fingerprint density at radius 2 is 2.06 bits per heavy atom. The average molecular weight is 458 g/mol. The van der Waals surface area contributed by atoms with Crippen LogP contribution in [0.5, 0.6) is 0 Å². The van der Waals surface area contributed by atoms with Crippen LogP contribution in [0.3, 0.4) is 0 Å².